The predicted molar refractivity (Wildman–Crippen MR) is 121 cm³/mol. The molecule has 0 radical (unpaired) electrons. The maximum Gasteiger partial charge on any atom is 0.260 e. The Morgan fingerprint density at radius 1 is 1.06 bits per heavy atom. The lowest BCUT2D eigenvalue weighted by atomic mass is 9.92. The largest absolute Gasteiger partial charge is 0.504 e. The van der Waals surface area contributed by atoms with Crippen LogP contribution in [0.3, 0.4) is 0 Å². The number of hydrogen-bond acceptors (Lipinski definition) is 6. The van der Waals surface area contributed by atoms with Crippen molar-refractivity contribution in [1.82, 2.24) is 10.6 Å². The number of phenols is 1. The lowest BCUT2D eigenvalue weighted by Crippen LogP contribution is -2.37. The van der Waals surface area contributed by atoms with Crippen LogP contribution in [-0.4, -0.2) is 23.5 Å². The van der Waals surface area contributed by atoms with E-state index in [0.29, 0.717) is 35.6 Å². The van der Waals surface area contributed by atoms with E-state index in [0.717, 1.165) is 23.1 Å². The molecule has 0 aliphatic carbocycles. The predicted octanol–water partition coefficient (Wildman–Crippen LogP) is 4.31. The number of phenolic OH excluding ortho intramolecular Hbond substituents is 1. The second-order valence-corrected chi connectivity index (χ2v) is 7.93. The molecule has 3 aromatic rings. The van der Waals surface area contributed by atoms with Crippen LogP contribution < -0.4 is 15.4 Å². The summed E-state index contributed by atoms with van der Waals surface area (Å²) in [6.45, 7) is 2.93. The van der Waals surface area contributed by atoms with Gasteiger partial charge in [-0.05, 0) is 64.2 Å². The van der Waals surface area contributed by atoms with Gasteiger partial charge in [-0.25, -0.2) is 0 Å². The monoisotopic (exact) mass is 434 g/mol. The SMILES string of the molecule is CCCOc1ccc(CNC=C2C(=O)NC(=O)c3ccc(-c4ccsc4)cc32)cc1O. The van der Waals surface area contributed by atoms with E-state index in [-0.39, 0.29) is 5.75 Å². The maximum atomic E-state index is 12.5. The van der Waals surface area contributed by atoms with Crippen LogP contribution in [0.25, 0.3) is 16.7 Å². The molecule has 1 aromatic heterocycles. The van der Waals surface area contributed by atoms with Gasteiger partial charge in [0.2, 0.25) is 0 Å². The topological polar surface area (TPSA) is 87.7 Å². The van der Waals surface area contributed by atoms with Crippen LogP contribution in [0, 0.1) is 0 Å². The third-order valence-electron chi connectivity index (χ3n) is 4.92. The molecule has 0 fully saturated rings. The van der Waals surface area contributed by atoms with Gasteiger partial charge in [-0.3, -0.25) is 14.9 Å². The summed E-state index contributed by atoms with van der Waals surface area (Å²) < 4.78 is 5.48. The molecule has 0 saturated heterocycles. The minimum absolute atomic E-state index is 0.0761. The molecule has 1 aliphatic rings. The highest BCUT2D eigenvalue weighted by atomic mass is 32.1. The second-order valence-electron chi connectivity index (χ2n) is 7.15. The summed E-state index contributed by atoms with van der Waals surface area (Å²) in [4.78, 5) is 24.8. The lowest BCUT2D eigenvalue weighted by Gasteiger charge is -2.19. The third-order valence-corrected chi connectivity index (χ3v) is 5.60. The zero-order valence-electron chi connectivity index (χ0n) is 17.0. The van der Waals surface area contributed by atoms with E-state index in [1.54, 1.807) is 35.7 Å². The normalized spacial score (nSPS) is 14.3. The van der Waals surface area contributed by atoms with Crippen LogP contribution in [0.1, 0.15) is 34.8 Å². The average Bonchev–Trinajstić information content (AvgIpc) is 3.30. The zero-order chi connectivity index (χ0) is 21.8. The molecule has 0 bridgehead atoms. The number of thiophene rings is 1. The number of benzene rings is 2. The minimum atomic E-state index is -0.446. The Bertz CT molecular complexity index is 1150. The molecule has 158 valence electrons. The van der Waals surface area contributed by atoms with E-state index >= 15 is 0 Å². The third kappa shape index (κ3) is 4.46. The Balaban J connectivity index is 1.56. The number of nitrogens with one attached hydrogen (secondary N) is 2. The van der Waals surface area contributed by atoms with Crippen molar-refractivity contribution in [1.29, 1.82) is 0 Å². The Morgan fingerprint density at radius 3 is 2.68 bits per heavy atom. The van der Waals surface area contributed by atoms with Crippen molar-refractivity contribution < 1.29 is 19.4 Å². The van der Waals surface area contributed by atoms with Gasteiger partial charge in [0.05, 0.1) is 12.2 Å². The number of fused-ring (bicyclic) bond motifs is 1. The summed E-state index contributed by atoms with van der Waals surface area (Å²) in [6.07, 6.45) is 2.47. The zero-order valence-corrected chi connectivity index (χ0v) is 17.8. The van der Waals surface area contributed by atoms with Crippen molar-refractivity contribution in [2.24, 2.45) is 0 Å². The number of carbonyl (C=O) groups is 2. The smallest absolute Gasteiger partial charge is 0.260 e. The molecular weight excluding hydrogens is 412 g/mol. The van der Waals surface area contributed by atoms with Gasteiger partial charge in [-0.1, -0.05) is 19.1 Å². The van der Waals surface area contributed by atoms with Crippen LogP contribution in [0.4, 0.5) is 0 Å². The molecule has 4 rings (SSSR count). The van der Waals surface area contributed by atoms with Gasteiger partial charge in [0.25, 0.3) is 11.8 Å². The standard InChI is InChI=1S/C24H22N2O4S/c1-2-8-30-22-6-3-15(10-21(22)27)12-25-13-20-19-11-16(17-7-9-31-14-17)4-5-18(19)23(28)26-24(20)29/h3-7,9-11,13-14,25,27H,2,8,12H2,1H3,(H,26,28,29). The van der Waals surface area contributed by atoms with Crippen LogP contribution in [-0.2, 0) is 11.3 Å². The number of rotatable bonds is 7. The quantitative estimate of drug-likeness (QED) is 0.381. The first-order valence-electron chi connectivity index (χ1n) is 9.97. The summed E-state index contributed by atoms with van der Waals surface area (Å²) in [7, 11) is 0. The minimum Gasteiger partial charge on any atom is -0.504 e. The first-order chi connectivity index (χ1) is 15.1. The van der Waals surface area contributed by atoms with E-state index in [2.05, 4.69) is 10.6 Å². The molecule has 3 N–H and O–H groups in total. The second kappa shape index (κ2) is 9.06. The molecule has 0 unspecified atom stereocenters. The van der Waals surface area contributed by atoms with E-state index in [1.165, 1.54) is 0 Å². The maximum absolute atomic E-state index is 12.5. The molecule has 2 heterocycles. The molecular formula is C24H22N2O4S. The number of carbonyl (C=O) groups excluding carboxylic acids is 2. The molecule has 2 amide bonds. The van der Waals surface area contributed by atoms with Gasteiger partial charge >= 0.3 is 0 Å². The van der Waals surface area contributed by atoms with E-state index in [1.807, 2.05) is 41.9 Å². The number of aromatic hydroxyl groups is 1. The fraction of sp³-hybridized carbons (Fsp3) is 0.167. The summed E-state index contributed by atoms with van der Waals surface area (Å²) in [6, 6.07) is 12.7. The van der Waals surface area contributed by atoms with Crippen LogP contribution in [0.2, 0.25) is 0 Å². The fourth-order valence-corrected chi connectivity index (χ4v) is 4.02. The van der Waals surface area contributed by atoms with Gasteiger partial charge in [0.1, 0.15) is 0 Å². The Labute approximate surface area is 184 Å². The molecule has 7 heteroatoms. The number of imide groups is 1. The first kappa shape index (κ1) is 20.7. The van der Waals surface area contributed by atoms with Crippen LogP contribution in [0.15, 0.2) is 59.4 Å². The first-order valence-corrected chi connectivity index (χ1v) is 10.9. The van der Waals surface area contributed by atoms with Crippen molar-refractivity contribution >= 4 is 28.7 Å². The Morgan fingerprint density at radius 2 is 1.94 bits per heavy atom. The molecule has 6 nitrogen and oxygen atoms in total. The fourth-order valence-electron chi connectivity index (χ4n) is 3.35. The molecule has 31 heavy (non-hydrogen) atoms. The van der Waals surface area contributed by atoms with Crippen molar-refractivity contribution in [2.75, 3.05) is 6.61 Å². The van der Waals surface area contributed by atoms with Crippen molar-refractivity contribution in [3.8, 4) is 22.6 Å². The van der Waals surface area contributed by atoms with Gasteiger partial charge in [0.15, 0.2) is 11.5 Å². The highest BCUT2D eigenvalue weighted by Crippen LogP contribution is 2.31. The molecule has 0 atom stereocenters. The Kier molecular flexibility index (Phi) is 6.04. The summed E-state index contributed by atoms with van der Waals surface area (Å²) >= 11 is 1.59. The van der Waals surface area contributed by atoms with E-state index in [9.17, 15) is 14.7 Å². The Hall–Kier alpha value is -3.58. The van der Waals surface area contributed by atoms with Crippen LogP contribution >= 0.6 is 11.3 Å². The van der Waals surface area contributed by atoms with Crippen molar-refractivity contribution in [3.63, 3.8) is 0 Å². The number of ether oxygens (including phenoxy) is 1. The van der Waals surface area contributed by atoms with Crippen molar-refractivity contribution in [2.45, 2.75) is 19.9 Å². The van der Waals surface area contributed by atoms with E-state index in [4.69, 9.17) is 4.74 Å². The summed E-state index contributed by atoms with van der Waals surface area (Å²) in [5.74, 6) is -0.323. The highest BCUT2D eigenvalue weighted by Gasteiger charge is 2.27. The van der Waals surface area contributed by atoms with Gasteiger partial charge in [0, 0.05) is 23.9 Å². The molecule has 2 aromatic carbocycles. The van der Waals surface area contributed by atoms with Gasteiger partial charge in [-0.15, -0.1) is 0 Å². The lowest BCUT2D eigenvalue weighted by molar-refractivity contribution is -0.114. The van der Waals surface area contributed by atoms with Gasteiger partial charge < -0.3 is 15.2 Å². The molecule has 0 spiro atoms. The molecule has 0 saturated carbocycles. The van der Waals surface area contributed by atoms with Gasteiger partial charge in [-0.2, -0.15) is 11.3 Å². The van der Waals surface area contributed by atoms with Crippen molar-refractivity contribution in [3.05, 3.63) is 76.1 Å². The summed E-state index contributed by atoms with van der Waals surface area (Å²) in [5.41, 5.74) is 4.26. The van der Waals surface area contributed by atoms with Crippen LogP contribution in [0.5, 0.6) is 11.5 Å². The highest BCUT2D eigenvalue weighted by molar-refractivity contribution is 7.08. The summed E-state index contributed by atoms with van der Waals surface area (Å²) in [5, 5.41) is 19.6. The van der Waals surface area contributed by atoms with E-state index < -0.39 is 11.8 Å². The average molecular weight is 435 g/mol. The number of amides is 2. The number of hydrogen-bond donors (Lipinski definition) is 3. The molecule has 1 aliphatic heterocycles.